The lowest BCUT2D eigenvalue weighted by Gasteiger charge is -2.10. The van der Waals surface area contributed by atoms with Gasteiger partial charge in [-0.05, 0) is 54.0 Å². The molecule has 0 aliphatic rings. The molecule has 0 bridgehead atoms. The number of carbonyl (C=O) groups is 3. The third-order valence-electron chi connectivity index (χ3n) is 5.05. The van der Waals surface area contributed by atoms with Crippen LogP contribution in [0.5, 0.6) is 23.0 Å². The van der Waals surface area contributed by atoms with Crippen LogP contribution in [-0.4, -0.2) is 37.8 Å². The first-order chi connectivity index (χ1) is 15.7. The van der Waals surface area contributed by atoms with Gasteiger partial charge in [0.15, 0.2) is 40.3 Å². The summed E-state index contributed by atoms with van der Waals surface area (Å²) < 4.78 is 0. The number of phenolic OH excluding ortho intramolecular Hbond substituents is 4. The Morgan fingerprint density at radius 1 is 0.727 bits per heavy atom. The average molecular weight is 453 g/mol. The molecule has 0 amide bonds. The van der Waals surface area contributed by atoms with Crippen molar-refractivity contribution in [2.24, 2.45) is 5.92 Å². The maximum atomic E-state index is 12.8. The first kappa shape index (κ1) is 25.4. The molecule has 0 spiro atoms. The van der Waals surface area contributed by atoms with E-state index in [9.17, 15) is 34.8 Å². The summed E-state index contributed by atoms with van der Waals surface area (Å²) in [7, 11) is 0. The summed E-state index contributed by atoms with van der Waals surface area (Å²) in [5.74, 6) is -4.68. The first-order valence-corrected chi connectivity index (χ1v) is 10.7. The number of allylic oxidation sites excluding steroid dienone is 2. The van der Waals surface area contributed by atoms with Crippen LogP contribution in [0.3, 0.4) is 0 Å². The first-order valence-electron chi connectivity index (χ1n) is 10.7. The number of carbonyl (C=O) groups excluding carboxylic acids is 3. The van der Waals surface area contributed by atoms with Crippen molar-refractivity contribution in [2.45, 2.75) is 39.0 Å². The molecule has 0 unspecified atom stereocenters. The largest absolute Gasteiger partial charge is 0.504 e. The van der Waals surface area contributed by atoms with Gasteiger partial charge < -0.3 is 20.4 Å². The number of Topliss-reactive ketones (excluding diaryl/α,β-unsaturated/α-hetero) is 1. The lowest BCUT2D eigenvalue weighted by atomic mass is 9.89. The molecule has 0 heterocycles. The maximum Gasteiger partial charge on any atom is 0.173 e. The lowest BCUT2D eigenvalue weighted by Crippen LogP contribution is -2.29. The number of unbranched alkanes of at least 4 members (excludes halogenated alkanes) is 3. The molecule has 2 aromatic carbocycles. The van der Waals surface area contributed by atoms with Gasteiger partial charge in [0.2, 0.25) is 0 Å². The minimum Gasteiger partial charge on any atom is -0.504 e. The minimum atomic E-state index is -1.50. The van der Waals surface area contributed by atoms with E-state index in [1.807, 2.05) is 6.92 Å². The molecule has 4 N–H and O–H groups in total. The fourth-order valence-corrected chi connectivity index (χ4v) is 3.17. The van der Waals surface area contributed by atoms with E-state index < -0.39 is 23.3 Å². The van der Waals surface area contributed by atoms with Crippen molar-refractivity contribution in [3.8, 4) is 23.0 Å². The van der Waals surface area contributed by atoms with Crippen LogP contribution in [0.25, 0.3) is 12.2 Å². The smallest absolute Gasteiger partial charge is 0.173 e. The van der Waals surface area contributed by atoms with E-state index in [4.69, 9.17) is 0 Å². The monoisotopic (exact) mass is 452 g/mol. The molecule has 7 nitrogen and oxygen atoms in total. The molecule has 33 heavy (non-hydrogen) atoms. The van der Waals surface area contributed by atoms with Crippen LogP contribution in [0.15, 0.2) is 48.6 Å². The Morgan fingerprint density at radius 3 is 1.64 bits per heavy atom. The Bertz CT molecular complexity index is 993. The van der Waals surface area contributed by atoms with Crippen LogP contribution in [0.4, 0.5) is 0 Å². The van der Waals surface area contributed by atoms with Crippen LogP contribution in [0.2, 0.25) is 0 Å². The van der Waals surface area contributed by atoms with Crippen molar-refractivity contribution in [1.29, 1.82) is 0 Å². The van der Waals surface area contributed by atoms with Crippen LogP contribution in [0, 0.1) is 5.92 Å². The molecular weight excluding hydrogens is 424 g/mol. The summed E-state index contributed by atoms with van der Waals surface area (Å²) in [6, 6.07) is 7.96. The standard InChI is InChI=1S/C26H28O7/c1-2-3-4-5-6-21(29)26(22(30)13-9-17-7-11-19(27)24(32)15-17)23(31)14-10-18-8-12-20(28)25(33)16-18/h7-16,26-28,32-33H,2-6H2,1H3. The molecule has 0 radical (unpaired) electrons. The SMILES string of the molecule is CCCCCCC(=O)C(C(=O)C=Cc1ccc(O)c(O)c1)C(=O)C=Cc1ccc(O)c(O)c1. The molecular formula is C26H28O7. The van der Waals surface area contributed by atoms with E-state index in [0.717, 1.165) is 31.4 Å². The highest BCUT2D eigenvalue weighted by Crippen LogP contribution is 2.26. The minimum absolute atomic E-state index is 0.101. The normalized spacial score (nSPS) is 12.3. The predicted octanol–water partition coefficient (Wildman–Crippen LogP) is 4.53. The van der Waals surface area contributed by atoms with Gasteiger partial charge in [0.05, 0.1) is 0 Å². The zero-order valence-electron chi connectivity index (χ0n) is 18.4. The quantitative estimate of drug-likeness (QED) is 0.161. The van der Waals surface area contributed by atoms with E-state index >= 15 is 0 Å². The van der Waals surface area contributed by atoms with E-state index in [1.54, 1.807) is 0 Å². The van der Waals surface area contributed by atoms with Gasteiger partial charge in [-0.15, -0.1) is 0 Å². The van der Waals surface area contributed by atoms with Crippen molar-refractivity contribution in [2.75, 3.05) is 0 Å². The Kier molecular flexibility index (Phi) is 9.42. The number of phenols is 4. The summed E-state index contributed by atoms with van der Waals surface area (Å²) in [6.45, 7) is 2.04. The van der Waals surface area contributed by atoms with E-state index in [-0.39, 0.29) is 29.4 Å². The second-order valence-corrected chi connectivity index (χ2v) is 7.68. The Hall–Kier alpha value is -3.87. The van der Waals surface area contributed by atoms with Crippen LogP contribution >= 0.6 is 0 Å². The molecule has 174 valence electrons. The van der Waals surface area contributed by atoms with Crippen LogP contribution in [-0.2, 0) is 14.4 Å². The van der Waals surface area contributed by atoms with Crippen molar-refractivity contribution < 1.29 is 34.8 Å². The highest BCUT2D eigenvalue weighted by molar-refractivity contribution is 6.26. The third kappa shape index (κ3) is 7.64. The van der Waals surface area contributed by atoms with Gasteiger partial charge in [-0.25, -0.2) is 0 Å². The van der Waals surface area contributed by atoms with E-state index in [1.165, 1.54) is 48.6 Å². The second kappa shape index (κ2) is 12.2. The molecule has 7 heteroatoms. The van der Waals surface area contributed by atoms with Gasteiger partial charge in [-0.1, -0.05) is 50.5 Å². The fraction of sp³-hybridized carbons (Fsp3) is 0.269. The summed E-state index contributed by atoms with van der Waals surface area (Å²) in [6.07, 6.45) is 8.37. The molecule has 0 atom stereocenters. The van der Waals surface area contributed by atoms with E-state index in [2.05, 4.69) is 0 Å². The van der Waals surface area contributed by atoms with Crippen molar-refractivity contribution >= 4 is 29.5 Å². The number of hydrogen-bond acceptors (Lipinski definition) is 7. The Morgan fingerprint density at radius 2 is 1.21 bits per heavy atom. The number of aromatic hydroxyl groups is 4. The van der Waals surface area contributed by atoms with Crippen molar-refractivity contribution in [1.82, 2.24) is 0 Å². The summed E-state index contributed by atoms with van der Waals surface area (Å²) in [4.78, 5) is 38.4. The highest BCUT2D eigenvalue weighted by atomic mass is 16.3. The second-order valence-electron chi connectivity index (χ2n) is 7.68. The number of ketones is 3. The summed E-state index contributed by atoms with van der Waals surface area (Å²) in [5, 5.41) is 38.0. The molecule has 0 saturated heterocycles. The van der Waals surface area contributed by atoms with Crippen LogP contribution < -0.4 is 0 Å². The predicted molar refractivity (Wildman–Crippen MR) is 125 cm³/mol. The van der Waals surface area contributed by atoms with Crippen LogP contribution in [0.1, 0.15) is 50.2 Å². The van der Waals surface area contributed by atoms with Gasteiger partial charge >= 0.3 is 0 Å². The topological polar surface area (TPSA) is 132 Å². The zero-order valence-corrected chi connectivity index (χ0v) is 18.4. The average Bonchev–Trinajstić information content (AvgIpc) is 2.78. The molecule has 0 aliphatic carbocycles. The maximum absolute atomic E-state index is 12.8. The zero-order chi connectivity index (χ0) is 24.4. The van der Waals surface area contributed by atoms with Crippen molar-refractivity contribution in [3.63, 3.8) is 0 Å². The van der Waals surface area contributed by atoms with E-state index in [0.29, 0.717) is 17.5 Å². The number of hydrogen-bond donors (Lipinski definition) is 4. The highest BCUT2D eigenvalue weighted by Gasteiger charge is 2.30. The molecule has 0 fully saturated rings. The van der Waals surface area contributed by atoms with Gasteiger partial charge in [0.25, 0.3) is 0 Å². The summed E-state index contributed by atoms with van der Waals surface area (Å²) in [5.41, 5.74) is 0.825. The number of rotatable bonds is 12. The van der Waals surface area contributed by atoms with Gasteiger partial charge in [0, 0.05) is 6.42 Å². The van der Waals surface area contributed by atoms with Crippen molar-refractivity contribution in [3.05, 3.63) is 59.7 Å². The third-order valence-corrected chi connectivity index (χ3v) is 5.05. The molecule has 0 aromatic heterocycles. The fourth-order valence-electron chi connectivity index (χ4n) is 3.17. The molecule has 2 aromatic rings. The van der Waals surface area contributed by atoms with Gasteiger partial charge in [0.1, 0.15) is 5.92 Å². The van der Waals surface area contributed by atoms with Gasteiger partial charge in [-0.2, -0.15) is 0 Å². The Labute approximate surface area is 192 Å². The molecule has 2 rings (SSSR count). The molecule has 0 aliphatic heterocycles. The Balaban J connectivity index is 2.22. The lowest BCUT2D eigenvalue weighted by molar-refractivity contribution is -0.136. The number of benzene rings is 2. The molecule has 0 saturated carbocycles. The van der Waals surface area contributed by atoms with Gasteiger partial charge in [-0.3, -0.25) is 14.4 Å². The summed E-state index contributed by atoms with van der Waals surface area (Å²) >= 11 is 0.